The summed E-state index contributed by atoms with van der Waals surface area (Å²) >= 11 is 0. The molecule has 4 N–H and O–H groups in total. The van der Waals surface area contributed by atoms with Gasteiger partial charge in [0.15, 0.2) is 53.4 Å². The third-order valence-corrected chi connectivity index (χ3v) is 7.11. The second-order valence-electron chi connectivity index (χ2n) is 8.73. The van der Waals surface area contributed by atoms with E-state index in [1.54, 1.807) is 25.2 Å². The van der Waals surface area contributed by atoms with Crippen LogP contribution in [0.5, 0.6) is 5.75 Å². The number of fused-ring (bicyclic) bond motifs is 1. The van der Waals surface area contributed by atoms with Gasteiger partial charge in [0, 0.05) is 7.05 Å². The van der Waals surface area contributed by atoms with Gasteiger partial charge in [-0.25, -0.2) is 13.8 Å². The van der Waals surface area contributed by atoms with Gasteiger partial charge < -0.3 is 30.5 Å². The van der Waals surface area contributed by atoms with E-state index in [0.717, 1.165) is 24.9 Å². The molecule has 210 valence electrons. The number of para-hydroxylation sites is 1. The quantitative estimate of drug-likeness (QED) is 0.184. The number of esters is 1. The first-order chi connectivity index (χ1) is 18.4. The van der Waals surface area contributed by atoms with Gasteiger partial charge in [-0.3, -0.25) is 9.36 Å². The van der Waals surface area contributed by atoms with Crippen LogP contribution < -0.4 is 15.9 Å². The summed E-state index contributed by atoms with van der Waals surface area (Å²) in [5, 5.41) is 13.4. The molecule has 6 atom stereocenters. The predicted octanol–water partition coefficient (Wildman–Crippen LogP) is 2.27. The van der Waals surface area contributed by atoms with E-state index in [1.807, 2.05) is 0 Å². The van der Waals surface area contributed by atoms with Crippen LogP contribution >= 0.6 is 8.18 Å². The van der Waals surface area contributed by atoms with Gasteiger partial charge in [-0.2, -0.15) is 9.97 Å². The number of aliphatic hydroxyl groups excluding tert-OH is 1. The standard InChI is InChI=1S/C22H27F2N7O7P/c1-12(17(32)35-4)31(38-13-8-6-5-7-9-13)39(34)36-10-22(24)18(33)21(2,23)19(37-22)30-11-27-14-15(26-3)28-20(25)29-16(14)30/h5-9,11-12,18-19,33H,10H2,1-4H3,(H3,25,26,28,29)/q+1/t12-,18-,19+,21+,22+/m0/s1. The van der Waals surface area contributed by atoms with Crippen LogP contribution in [-0.2, 0) is 23.4 Å². The fourth-order valence-electron chi connectivity index (χ4n) is 3.95. The number of hydroxylamine groups is 1. The fourth-order valence-corrected chi connectivity index (χ4v) is 4.89. The summed E-state index contributed by atoms with van der Waals surface area (Å²) in [5.41, 5.74) is 3.20. The highest BCUT2D eigenvalue weighted by Gasteiger charge is 2.66. The predicted molar refractivity (Wildman–Crippen MR) is 133 cm³/mol. The minimum Gasteiger partial charge on any atom is -0.468 e. The van der Waals surface area contributed by atoms with Crippen molar-refractivity contribution in [1.82, 2.24) is 24.4 Å². The SMILES string of the molecule is CNc1nc(N)nc2c1ncn2[C@@H]1O[C@](F)(CO[P+](=O)N(Oc2ccccc2)[C@@H](C)C(=O)OC)[C@@H](O)[C@@]1(C)F. The number of nitrogens with zero attached hydrogens (tertiary/aromatic N) is 5. The topological polar surface area (TPSA) is 176 Å². The van der Waals surface area contributed by atoms with Crippen LogP contribution in [0.25, 0.3) is 11.2 Å². The van der Waals surface area contributed by atoms with Crippen molar-refractivity contribution in [3.63, 3.8) is 0 Å². The Kier molecular flexibility index (Phi) is 7.95. The molecule has 0 saturated carbocycles. The highest BCUT2D eigenvalue weighted by molar-refractivity contribution is 7.36. The molecule has 2 aromatic heterocycles. The number of nitrogens with two attached hydrogens (primary N) is 1. The zero-order chi connectivity index (χ0) is 28.5. The number of carbonyl (C=O) groups is 1. The molecule has 0 radical (unpaired) electrons. The van der Waals surface area contributed by atoms with Crippen molar-refractivity contribution in [2.24, 2.45) is 0 Å². The average molecular weight is 570 g/mol. The second-order valence-corrected chi connectivity index (χ2v) is 9.86. The molecule has 17 heteroatoms. The number of nitrogens with one attached hydrogen (secondary N) is 1. The summed E-state index contributed by atoms with van der Waals surface area (Å²) < 4.78 is 61.0. The highest BCUT2D eigenvalue weighted by atomic mass is 31.1. The molecule has 1 aliphatic rings. The maximum atomic E-state index is 15.9. The number of anilines is 2. The lowest BCUT2D eigenvalue weighted by Gasteiger charge is -2.24. The molecule has 1 fully saturated rings. The van der Waals surface area contributed by atoms with Crippen molar-refractivity contribution in [1.29, 1.82) is 0 Å². The second kappa shape index (κ2) is 10.9. The van der Waals surface area contributed by atoms with Gasteiger partial charge in [-0.15, -0.1) is 4.52 Å². The molecule has 1 unspecified atom stereocenters. The summed E-state index contributed by atoms with van der Waals surface area (Å²) in [7, 11) is -0.420. The number of hydrogen-bond donors (Lipinski definition) is 3. The Hall–Kier alpha value is -3.56. The van der Waals surface area contributed by atoms with Crippen molar-refractivity contribution < 1.29 is 42.1 Å². The summed E-state index contributed by atoms with van der Waals surface area (Å²) in [6, 6.07) is 6.74. The molecule has 0 amide bonds. The van der Waals surface area contributed by atoms with E-state index in [4.69, 9.17) is 19.8 Å². The molecular formula is C22H27F2N7O7P+. The first-order valence-electron chi connectivity index (χ1n) is 11.5. The molecule has 39 heavy (non-hydrogen) atoms. The Balaban J connectivity index is 1.57. The Morgan fingerprint density at radius 3 is 2.69 bits per heavy atom. The molecule has 1 saturated heterocycles. The number of aliphatic hydroxyl groups is 1. The molecule has 4 rings (SSSR count). The number of benzene rings is 1. The van der Waals surface area contributed by atoms with Gasteiger partial charge in [-0.05, 0) is 30.5 Å². The number of hydrogen-bond acceptors (Lipinski definition) is 12. The summed E-state index contributed by atoms with van der Waals surface area (Å²) in [6.45, 7) is 1.04. The van der Waals surface area contributed by atoms with Crippen molar-refractivity contribution >= 4 is 37.1 Å². The number of aromatic nitrogens is 4. The third kappa shape index (κ3) is 5.33. The largest absolute Gasteiger partial charge is 0.653 e. The first kappa shape index (κ1) is 28.4. The van der Waals surface area contributed by atoms with Crippen LogP contribution in [0.4, 0.5) is 20.5 Å². The lowest BCUT2D eigenvalue weighted by atomic mass is 9.97. The normalized spacial score (nSPS) is 26.0. The molecule has 3 aromatic rings. The van der Waals surface area contributed by atoms with Gasteiger partial charge in [0.05, 0.1) is 13.4 Å². The Morgan fingerprint density at radius 2 is 2.05 bits per heavy atom. The van der Waals surface area contributed by atoms with Gasteiger partial charge in [0.2, 0.25) is 5.95 Å². The molecule has 0 spiro atoms. The Morgan fingerprint density at radius 1 is 1.36 bits per heavy atom. The first-order valence-corrected chi connectivity index (χ1v) is 12.7. The average Bonchev–Trinajstić information content (AvgIpc) is 3.42. The van der Waals surface area contributed by atoms with E-state index in [2.05, 4.69) is 25.0 Å². The molecule has 0 bridgehead atoms. The molecule has 0 aliphatic carbocycles. The van der Waals surface area contributed by atoms with Gasteiger partial charge in [-0.1, -0.05) is 18.2 Å². The summed E-state index contributed by atoms with van der Waals surface area (Å²) in [6.07, 6.45) is -3.05. The van der Waals surface area contributed by atoms with Crippen LogP contribution in [0.1, 0.15) is 20.1 Å². The number of halogens is 2. The molecule has 3 heterocycles. The van der Waals surface area contributed by atoms with Crippen LogP contribution in [0, 0.1) is 0 Å². The number of rotatable bonds is 10. The number of alkyl halides is 2. The van der Waals surface area contributed by atoms with E-state index < -0.39 is 50.7 Å². The zero-order valence-electron chi connectivity index (χ0n) is 21.3. The lowest BCUT2D eigenvalue weighted by molar-refractivity contribution is -0.203. The van der Waals surface area contributed by atoms with Gasteiger partial charge in [0.25, 0.3) is 5.85 Å². The summed E-state index contributed by atoms with van der Waals surface area (Å²) in [5.74, 6) is -3.75. The minimum absolute atomic E-state index is 0.0125. The van der Waals surface area contributed by atoms with E-state index in [1.165, 1.54) is 19.1 Å². The van der Waals surface area contributed by atoms with Crippen LogP contribution in [0.3, 0.4) is 0 Å². The van der Waals surface area contributed by atoms with Crippen molar-refractivity contribution in [2.75, 3.05) is 31.8 Å². The van der Waals surface area contributed by atoms with Crippen molar-refractivity contribution in [2.45, 2.75) is 43.7 Å². The number of ether oxygens (including phenoxy) is 2. The van der Waals surface area contributed by atoms with Gasteiger partial charge >= 0.3 is 14.1 Å². The van der Waals surface area contributed by atoms with Gasteiger partial charge in [0.1, 0.15) is 4.83 Å². The van der Waals surface area contributed by atoms with E-state index in [-0.39, 0.29) is 28.7 Å². The molecule has 14 nitrogen and oxygen atoms in total. The van der Waals surface area contributed by atoms with Crippen molar-refractivity contribution in [3.8, 4) is 5.75 Å². The van der Waals surface area contributed by atoms with Crippen molar-refractivity contribution in [3.05, 3.63) is 36.7 Å². The number of imidazole rings is 1. The monoisotopic (exact) mass is 570 g/mol. The number of carbonyl (C=O) groups excluding carboxylic acids is 1. The number of methoxy groups -OCH3 is 1. The molecule has 1 aromatic carbocycles. The fraction of sp³-hybridized carbons (Fsp3) is 0.455. The summed E-state index contributed by atoms with van der Waals surface area (Å²) in [4.78, 5) is 30.4. The maximum Gasteiger partial charge on any atom is 0.653 e. The highest BCUT2D eigenvalue weighted by Crippen LogP contribution is 2.49. The third-order valence-electron chi connectivity index (χ3n) is 6.01. The molecule has 1 aliphatic heterocycles. The lowest BCUT2D eigenvalue weighted by Crippen LogP contribution is -2.47. The Bertz CT molecular complexity index is 1370. The number of nitrogen functional groups attached to an aromatic ring is 1. The Labute approximate surface area is 221 Å². The minimum atomic E-state index is -3.19. The van der Waals surface area contributed by atoms with Crippen LogP contribution in [0.15, 0.2) is 36.7 Å². The molecular weight excluding hydrogens is 543 g/mol. The van der Waals surface area contributed by atoms with E-state index in [0.29, 0.717) is 4.83 Å². The smallest absolute Gasteiger partial charge is 0.468 e. The zero-order valence-corrected chi connectivity index (χ0v) is 22.2. The maximum absolute atomic E-state index is 15.9. The van der Waals surface area contributed by atoms with E-state index in [9.17, 15) is 14.5 Å². The van der Waals surface area contributed by atoms with Crippen LogP contribution in [-0.4, -0.2) is 79.9 Å². The van der Waals surface area contributed by atoms with Crippen LogP contribution in [0.2, 0.25) is 0 Å². The van der Waals surface area contributed by atoms with E-state index >= 15 is 8.78 Å².